The molecule has 0 fully saturated rings. The second-order valence-corrected chi connectivity index (χ2v) is 4.76. The molecule has 0 unspecified atom stereocenters. The van der Waals surface area contributed by atoms with Gasteiger partial charge in [-0.2, -0.15) is 0 Å². The molecule has 5 nitrogen and oxygen atoms in total. The second kappa shape index (κ2) is 7.38. The van der Waals surface area contributed by atoms with Gasteiger partial charge < -0.3 is 10.2 Å². The average molecular weight is 284 g/mol. The molecule has 5 heteroatoms. The van der Waals surface area contributed by atoms with Gasteiger partial charge in [-0.25, -0.2) is 9.97 Å². The van der Waals surface area contributed by atoms with Gasteiger partial charge in [0.05, 0.1) is 12.4 Å². The number of amides is 1. The molecule has 0 aliphatic rings. The average Bonchev–Trinajstić information content (AvgIpc) is 2.55. The minimum atomic E-state index is -0.176. The van der Waals surface area contributed by atoms with Crippen LogP contribution in [0.15, 0.2) is 42.7 Å². The van der Waals surface area contributed by atoms with Gasteiger partial charge in [0, 0.05) is 19.3 Å². The van der Waals surface area contributed by atoms with Crippen molar-refractivity contribution in [1.29, 1.82) is 0 Å². The number of hydrogen-bond acceptors (Lipinski definition) is 4. The lowest BCUT2D eigenvalue weighted by Gasteiger charge is -2.17. The summed E-state index contributed by atoms with van der Waals surface area (Å²) < 4.78 is 0. The SMILES string of the molecule is CCCCNC(=O)c1cnc(N(C)c2ccccc2)cn1. The molecule has 1 amide bonds. The number of para-hydroxylation sites is 1. The Labute approximate surface area is 125 Å². The Hall–Kier alpha value is -2.43. The van der Waals surface area contributed by atoms with E-state index in [4.69, 9.17) is 0 Å². The maximum Gasteiger partial charge on any atom is 0.271 e. The van der Waals surface area contributed by atoms with Crippen LogP contribution in [0.5, 0.6) is 0 Å². The number of unbranched alkanes of at least 4 members (excludes halogenated alkanes) is 1. The van der Waals surface area contributed by atoms with Crippen LogP contribution in [0.2, 0.25) is 0 Å². The zero-order valence-corrected chi connectivity index (χ0v) is 12.4. The van der Waals surface area contributed by atoms with Crippen LogP contribution in [-0.4, -0.2) is 29.5 Å². The van der Waals surface area contributed by atoms with Crippen LogP contribution in [0.3, 0.4) is 0 Å². The number of benzene rings is 1. The van der Waals surface area contributed by atoms with Crippen LogP contribution in [0, 0.1) is 0 Å². The van der Waals surface area contributed by atoms with E-state index in [2.05, 4.69) is 22.2 Å². The Balaban J connectivity index is 2.03. The zero-order valence-electron chi connectivity index (χ0n) is 12.4. The highest BCUT2D eigenvalue weighted by Crippen LogP contribution is 2.19. The first kappa shape index (κ1) is 15.0. The first-order chi connectivity index (χ1) is 10.2. The highest BCUT2D eigenvalue weighted by molar-refractivity contribution is 5.92. The fraction of sp³-hybridized carbons (Fsp3) is 0.312. The molecular weight excluding hydrogens is 264 g/mol. The van der Waals surface area contributed by atoms with E-state index in [9.17, 15) is 4.79 Å². The van der Waals surface area contributed by atoms with Gasteiger partial charge in [0.15, 0.2) is 5.82 Å². The standard InChI is InChI=1S/C16H20N4O/c1-3-4-10-17-16(21)14-11-19-15(12-18-14)20(2)13-8-6-5-7-9-13/h5-9,11-12H,3-4,10H2,1-2H3,(H,17,21). The van der Waals surface area contributed by atoms with Gasteiger partial charge in [0.2, 0.25) is 0 Å². The normalized spacial score (nSPS) is 10.2. The van der Waals surface area contributed by atoms with Crippen molar-refractivity contribution in [2.45, 2.75) is 19.8 Å². The second-order valence-electron chi connectivity index (χ2n) is 4.76. The van der Waals surface area contributed by atoms with Crippen LogP contribution in [0.4, 0.5) is 11.5 Å². The molecule has 1 N–H and O–H groups in total. The van der Waals surface area contributed by atoms with Crippen molar-refractivity contribution in [2.75, 3.05) is 18.5 Å². The van der Waals surface area contributed by atoms with Gasteiger partial charge in [-0.1, -0.05) is 31.5 Å². The van der Waals surface area contributed by atoms with Crippen molar-refractivity contribution < 1.29 is 4.79 Å². The fourth-order valence-electron chi connectivity index (χ4n) is 1.86. The van der Waals surface area contributed by atoms with E-state index in [1.165, 1.54) is 6.20 Å². The fourth-order valence-corrected chi connectivity index (χ4v) is 1.86. The molecular formula is C16H20N4O. The molecule has 2 rings (SSSR count). The molecule has 0 saturated heterocycles. The van der Waals surface area contributed by atoms with E-state index in [1.54, 1.807) is 6.20 Å². The number of anilines is 2. The van der Waals surface area contributed by atoms with Gasteiger partial charge in [-0.3, -0.25) is 4.79 Å². The molecule has 1 heterocycles. The highest BCUT2D eigenvalue weighted by Gasteiger charge is 2.09. The number of rotatable bonds is 6. The smallest absolute Gasteiger partial charge is 0.271 e. The largest absolute Gasteiger partial charge is 0.351 e. The van der Waals surface area contributed by atoms with Gasteiger partial charge in [-0.15, -0.1) is 0 Å². The first-order valence-corrected chi connectivity index (χ1v) is 7.11. The third kappa shape index (κ3) is 4.02. The summed E-state index contributed by atoms with van der Waals surface area (Å²) in [5.74, 6) is 0.524. The van der Waals surface area contributed by atoms with Gasteiger partial charge in [0.25, 0.3) is 5.91 Å². The van der Waals surface area contributed by atoms with Crippen molar-refractivity contribution in [3.8, 4) is 0 Å². The van der Waals surface area contributed by atoms with Crippen molar-refractivity contribution in [2.24, 2.45) is 0 Å². The van der Waals surface area contributed by atoms with Crippen LogP contribution in [-0.2, 0) is 0 Å². The van der Waals surface area contributed by atoms with Crippen molar-refractivity contribution in [1.82, 2.24) is 15.3 Å². The molecule has 0 saturated carbocycles. The molecule has 1 aromatic carbocycles. The summed E-state index contributed by atoms with van der Waals surface area (Å²) in [6, 6.07) is 9.89. The molecule has 0 radical (unpaired) electrons. The number of nitrogens with zero attached hydrogens (tertiary/aromatic N) is 3. The predicted molar refractivity (Wildman–Crippen MR) is 83.8 cm³/mol. The molecule has 0 atom stereocenters. The lowest BCUT2D eigenvalue weighted by Crippen LogP contribution is -2.25. The molecule has 0 spiro atoms. The third-order valence-electron chi connectivity index (χ3n) is 3.17. The maximum atomic E-state index is 11.8. The van der Waals surface area contributed by atoms with Crippen LogP contribution < -0.4 is 10.2 Å². The van der Waals surface area contributed by atoms with E-state index < -0.39 is 0 Å². The monoisotopic (exact) mass is 284 g/mol. The summed E-state index contributed by atoms with van der Waals surface area (Å²) >= 11 is 0. The minimum Gasteiger partial charge on any atom is -0.351 e. The quantitative estimate of drug-likeness (QED) is 0.829. The van der Waals surface area contributed by atoms with Crippen molar-refractivity contribution in [3.63, 3.8) is 0 Å². The Morgan fingerprint density at radius 2 is 1.95 bits per heavy atom. The number of nitrogens with one attached hydrogen (secondary N) is 1. The number of carbonyl (C=O) groups is 1. The summed E-state index contributed by atoms with van der Waals surface area (Å²) in [5.41, 5.74) is 1.36. The summed E-state index contributed by atoms with van der Waals surface area (Å²) in [4.78, 5) is 22.3. The lowest BCUT2D eigenvalue weighted by molar-refractivity contribution is 0.0948. The summed E-state index contributed by atoms with van der Waals surface area (Å²) in [5, 5.41) is 2.83. The van der Waals surface area contributed by atoms with E-state index in [1.807, 2.05) is 42.3 Å². The number of aromatic nitrogens is 2. The summed E-state index contributed by atoms with van der Waals surface area (Å²) in [6.07, 6.45) is 5.14. The molecule has 0 aliphatic heterocycles. The van der Waals surface area contributed by atoms with Crippen LogP contribution in [0.1, 0.15) is 30.3 Å². The molecule has 0 bridgehead atoms. The first-order valence-electron chi connectivity index (χ1n) is 7.11. The summed E-state index contributed by atoms with van der Waals surface area (Å²) in [7, 11) is 1.92. The molecule has 1 aromatic heterocycles. The van der Waals surface area contributed by atoms with Crippen molar-refractivity contribution >= 4 is 17.4 Å². The molecule has 110 valence electrons. The predicted octanol–water partition coefficient (Wildman–Crippen LogP) is 2.77. The Bertz CT molecular complexity index is 569. The van der Waals surface area contributed by atoms with Gasteiger partial charge in [0.1, 0.15) is 5.69 Å². The van der Waals surface area contributed by atoms with E-state index >= 15 is 0 Å². The van der Waals surface area contributed by atoms with Crippen LogP contribution >= 0.6 is 0 Å². The topological polar surface area (TPSA) is 58.1 Å². The zero-order chi connectivity index (χ0) is 15.1. The number of hydrogen-bond donors (Lipinski definition) is 1. The molecule has 2 aromatic rings. The summed E-state index contributed by atoms with van der Waals surface area (Å²) in [6.45, 7) is 2.75. The minimum absolute atomic E-state index is 0.176. The van der Waals surface area contributed by atoms with Crippen LogP contribution in [0.25, 0.3) is 0 Å². The van der Waals surface area contributed by atoms with Gasteiger partial charge in [-0.05, 0) is 18.6 Å². The van der Waals surface area contributed by atoms with E-state index in [-0.39, 0.29) is 5.91 Å². The highest BCUT2D eigenvalue weighted by atomic mass is 16.1. The maximum absolute atomic E-state index is 11.8. The molecule has 0 aliphatic carbocycles. The number of carbonyl (C=O) groups excluding carboxylic acids is 1. The third-order valence-corrected chi connectivity index (χ3v) is 3.17. The van der Waals surface area contributed by atoms with Gasteiger partial charge >= 0.3 is 0 Å². The Morgan fingerprint density at radius 3 is 2.57 bits per heavy atom. The Morgan fingerprint density at radius 1 is 1.19 bits per heavy atom. The Kier molecular flexibility index (Phi) is 5.26. The lowest BCUT2D eigenvalue weighted by atomic mass is 10.3. The van der Waals surface area contributed by atoms with E-state index in [0.717, 1.165) is 18.5 Å². The van der Waals surface area contributed by atoms with Crippen molar-refractivity contribution in [3.05, 3.63) is 48.4 Å². The molecule has 21 heavy (non-hydrogen) atoms. The van der Waals surface area contributed by atoms with E-state index in [0.29, 0.717) is 18.1 Å².